The van der Waals surface area contributed by atoms with Gasteiger partial charge in [0.15, 0.2) is 5.11 Å². The number of hydrogen-bond acceptors (Lipinski definition) is 5. The second kappa shape index (κ2) is 9.34. The van der Waals surface area contributed by atoms with Gasteiger partial charge in [0.2, 0.25) is 0 Å². The predicted molar refractivity (Wildman–Crippen MR) is 91.3 cm³/mol. The summed E-state index contributed by atoms with van der Waals surface area (Å²) in [6.07, 6.45) is 2.67. The minimum absolute atomic E-state index is 0.150. The van der Waals surface area contributed by atoms with Crippen LogP contribution in [0.5, 0.6) is 5.75 Å². The third kappa shape index (κ3) is 6.38. The molecule has 0 atom stereocenters. The Hall–Kier alpha value is -1.70. The Morgan fingerprint density at radius 3 is 2.77 bits per heavy atom. The van der Waals surface area contributed by atoms with E-state index in [-0.39, 0.29) is 5.11 Å². The molecule has 0 bridgehead atoms. The highest BCUT2D eigenvalue weighted by atomic mass is 32.1. The first-order valence-electron chi connectivity index (χ1n) is 7.35. The van der Waals surface area contributed by atoms with E-state index in [1.165, 1.54) is 0 Å². The highest BCUT2D eigenvalue weighted by molar-refractivity contribution is 7.80. The molecule has 1 aliphatic heterocycles. The highest BCUT2D eigenvalue weighted by Gasteiger charge is 2.09. The largest absolute Gasteiger partial charge is 0.494 e. The predicted octanol–water partition coefficient (Wildman–Crippen LogP) is 0.955. The zero-order valence-electron chi connectivity index (χ0n) is 12.5. The lowest BCUT2D eigenvalue weighted by Gasteiger charge is -2.26. The zero-order valence-corrected chi connectivity index (χ0v) is 13.3. The summed E-state index contributed by atoms with van der Waals surface area (Å²) < 4.78 is 11.1. The SMILES string of the molecule is NC(=S)NN=Cc1ccc(OCCCN2CCOCC2)cc1. The normalized spacial score (nSPS) is 15.8. The molecule has 1 aromatic rings. The average molecular weight is 322 g/mol. The summed E-state index contributed by atoms with van der Waals surface area (Å²) in [6.45, 7) is 5.50. The van der Waals surface area contributed by atoms with Crippen LogP contribution in [0, 0.1) is 0 Å². The number of morpholine rings is 1. The molecule has 1 aromatic carbocycles. The molecule has 0 spiro atoms. The number of nitrogens with zero attached hydrogens (tertiary/aromatic N) is 2. The summed E-state index contributed by atoms with van der Waals surface area (Å²) in [7, 11) is 0. The maximum Gasteiger partial charge on any atom is 0.184 e. The lowest BCUT2D eigenvalue weighted by molar-refractivity contribution is 0.0358. The summed E-state index contributed by atoms with van der Waals surface area (Å²) in [4.78, 5) is 2.40. The van der Waals surface area contributed by atoms with Gasteiger partial charge in [-0.05, 0) is 48.5 Å². The van der Waals surface area contributed by atoms with Crippen molar-refractivity contribution in [3.05, 3.63) is 29.8 Å². The Morgan fingerprint density at radius 2 is 2.09 bits per heavy atom. The van der Waals surface area contributed by atoms with E-state index in [0.717, 1.165) is 50.6 Å². The number of hydrogen-bond donors (Lipinski definition) is 2. The van der Waals surface area contributed by atoms with Crippen molar-refractivity contribution in [2.75, 3.05) is 39.5 Å². The van der Waals surface area contributed by atoms with Crippen molar-refractivity contribution in [1.82, 2.24) is 10.3 Å². The van der Waals surface area contributed by atoms with Crippen LogP contribution in [0.25, 0.3) is 0 Å². The van der Waals surface area contributed by atoms with Crippen molar-refractivity contribution >= 4 is 23.5 Å². The molecular weight excluding hydrogens is 300 g/mol. The zero-order chi connectivity index (χ0) is 15.6. The smallest absolute Gasteiger partial charge is 0.184 e. The first-order chi connectivity index (χ1) is 10.7. The van der Waals surface area contributed by atoms with Gasteiger partial charge in [-0.2, -0.15) is 5.10 Å². The van der Waals surface area contributed by atoms with E-state index in [1.807, 2.05) is 24.3 Å². The summed E-state index contributed by atoms with van der Waals surface area (Å²) in [5.41, 5.74) is 8.74. The standard InChI is InChI=1S/C15H22N4O2S/c16-15(22)18-17-12-13-2-4-14(5-3-13)21-9-1-6-19-7-10-20-11-8-19/h2-5,12H,1,6-11H2,(H3,16,18,22). The van der Waals surface area contributed by atoms with Crippen molar-refractivity contribution in [3.63, 3.8) is 0 Å². The van der Waals surface area contributed by atoms with E-state index in [2.05, 4.69) is 27.6 Å². The van der Waals surface area contributed by atoms with Gasteiger partial charge in [0.1, 0.15) is 5.75 Å². The minimum Gasteiger partial charge on any atom is -0.494 e. The number of nitrogens with one attached hydrogen (secondary N) is 1. The third-order valence-corrected chi connectivity index (χ3v) is 3.35. The second-order valence-electron chi connectivity index (χ2n) is 4.96. The van der Waals surface area contributed by atoms with Crippen LogP contribution in [0.1, 0.15) is 12.0 Å². The van der Waals surface area contributed by atoms with Gasteiger partial charge >= 0.3 is 0 Å². The summed E-state index contributed by atoms with van der Waals surface area (Å²) in [6, 6.07) is 7.72. The molecule has 0 radical (unpaired) electrons. The van der Waals surface area contributed by atoms with Gasteiger partial charge in [0.25, 0.3) is 0 Å². The molecule has 7 heteroatoms. The lowest BCUT2D eigenvalue weighted by Crippen LogP contribution is -2.37. The van der Waals surface area contributed by atoms with E-state index >= 15 is 0 Å². The summed E-state index contributed by atoms with van der Waals surface area (Å²) in [5.74, 6) is 0.862. The number of rotatable bonds is 7. The van der Waals surface area contributed by atoms with Crippen molar-refractivity contribution in [1.29, 1.82) is 0 Å². The third-order valence-electron chi connectivity index (χ3n) is 3.26. The summed E-state index contributed by atoms with van der Waals surface area (Å²) in [5, 5.41) is 4.05. The molecule has 1 fully saturated rings. The highest BCUT2D eigenvalue weighted by Crippen LogP contribution is 2.11. The molecule has 0 unspecified atom stereocenters. The number of benzene rings is 1. The number of hydrazone groups is 1. The molecule has 3 N–H and O–H groups in total. The Kier molecular flexibility index (Phi) is 7.08. The maximum absolute atomic E-state index is 5.74. The van der Waals surface area contributed by atoms with Crippen LogP contribution in [0.4, 0.5) is 0 Å². The molecule has 0 saturated carbocycles. The topological polar surface area (TPSA) is 72.1 Å². The van der Waals surface area contributed by atoms with Gasteiger partial charge in [-0.3, -0.25) is 10.3 Å². The molecule has 0 amide bonds. The van der Waals surface area contributed by atoms with Crippen LogP contribution in [-0.4, -0.2) is 55.7 Å². The van der Waals surface area contributed by atoms with Crippen molar-refractivity contribution in [2.24, 2.45) is 10.8 Å². The van der Waals surface area contributed by atoms with Crippen LogP contribution in [0.3, 0.4) is 0 Å². The molecular formula is C15H22N4O2S. The second-order valence-corrected chi connectivity index (χ2v) is 5.40. The average Bonchev–Trinajstić information content (AvgIpc) is 2.54. The first-order valence-corrected chi connectivity index (χ1v) is 7.76. The Labute approximate surface area is 136 Å². The van der Waals surface area contributed by atoms with E-state index < -0.39 is 0 Å². The molecule has 6 nitrogen and oxygen atoms in total. The molecule has 0 aliphatic carbocycles. The van der Waals surface area contributed by atoms with Gasteiger partial charge in [-0.25, -0.2) is 0 Å². The van der Waals surface area contributed by atoms with Crippen LogP contribution in [0.15, 0.2) is 29.4 Å². The van der Waals surface area contributed by atoms with Gasteiger partial charge in [0.05, 0.1) is 26.0 Å². The monoisotopic (exact) mass is 322 g/mol. The Morgan fingerprint density at radius 1 is 1.36 bits per heavy atom. The quantitative estimate of drug-likeness (QED) is 0.337. The molecule has 0 aromatic heterocycles. The van der Waals surface area contributed by atoms with Gasteiger partial charge in [0, 0.05) is 19.6 Å². The van der Waals surface area contributed by atoms with Gasteiger partial charge in [-0.1, -0.05) is 0 Å². The Balaban J connectivity index is 1.65. The minimum atomic E-state index is 0.150. The number of nitrogens with two attached hydrogens (primary N) is 1. The fourth-order valence-corrected chi connectivity index (χ4v) is 2.18. The van der Waals surface area contributed by atoms with Crippen LogP contribution >= 0.6 is 12.2 Å². The molecule has 2 rings (SSSR count). The maximum atomic E-state index is 5.74. The molecule has 22 heavy (non-hydrogen) atoms. The van der Waals surface area contributed by atoms with Gasteiger partial charge < -0.3 is 15.2 Å². The van der Waals surface area contributed by atoms with Gasteiger partial charge in [-0.15, -0.1) is 0 Å². The number of thiocarbonyl (C=S) groups is 1. The van der Waals surface area contributed by atoms with Crippen LogP contribution < -0.4 is 15.9 Å². The van der Waals surface area contributed by atoms with E-state index in [1.54, 1.807) is 6.21 Å². The van der Waals surface area contributed by atoms with Crippen molar-refractivity contribution in [3.8, 4) is 5.75 Å². The fourth-order valence-electron chi connectivity index (χ4n) is 2.12. The lowest BCUT2D eigenvalue weighted by atomic mass is 10.2. The van der Waals surface area contributed by atoms with E-state index in [4.69, 9.17) is 15.2 Å². The molecule has 1 heterocycles. The number of ether oxygens (including phenoxy) is 2. The van der Waals surface area contributed by atoms with Crippen molar-refractivity contribution in [2.45, 2.75) is 6.42 Å². The first kappa shape index (κ1) is 16.7. The molecule has 1 aliphatic rings. The Bertz CT molecular complexity index is 487. The van der Waals surface area contributed by atoms with Crippen molar-refractivity contribution < 1.29 is 9.47 Å². The van der Waals surface area contributed by atoms with Crippen LogP contribution in [-0.2, 0) is 4.74 Å². The summed E-state index contributed by atoms with van der Waals surface area (Å²) >= 11 is 4.66. The fraction of sp³-hybridized carbons (Fsp3) is 0.467. The van der Waals surface area contributed by atoms with E-state index in [0.29, 0.717) is 6.61 Å². The van der Waals surface area contributed by atoms with Crippen LogP contribution in [0.2, 0.25) is 0 Å². The van der Waals surface area contributed by atoms with E-state index in [9.17, 15) is 0 Å². The molecule has 120 valence electrons. The molecule has 1 saturated heterocycles.